The van der Waals surface area contributed by atoms with E-state index in [1.54, 1.807) is 0 Å². The minimum atomic E-state index is -0.0676. The fourth-order valence-corrected chi connectivity index (χ4v) is 4.34. The van der Waals surface area contributed by atoms with Gasteiger partial charge in [0.15, 0.2) is 5.96 Å². The van der Waals surface area contributed by atoms with Crippen LogP contribution in [0.5, 0.6) is 0 Å². The summed E-state index contributed by atoms with van der Waals surface area (Å²) in [5.41, 5.74) is 0.284. The summed E-state index contributed by atoms with van der Waals surface area (Å²) >= 11 is 0. The summed E-state index contributed by atoms with van der Waals surface area (Å²) in [6.45, 7) is 11.4. The van der Waals surface area contributed by atoms with Crippen LogP contribution >= 0.6 is 0 Å². The number of piperidine rings is 1. The zero-order valence-corrected chi connectivity index (χ0v) is 17.6. The molecule has 0 radical (unpaired) electrons. The SMILES string of the molecule is CCNC(=NCC1(CCOCC)CCCC1)N1CCC[C@H](C(=O)OCC)C1. The van der Waals surface area contributed by atoms with E-state index in [1.165, 1.54) is 25.7 Å². The van der Waals surface area contributed by atoms with Crippen molar-refractivity contribution in [2.24, 2.45) is 16.3 Å². The predicted octanol–water partition coefficient (Wildman–Crippen LogP) is 3.21. The number of carbonyl (C=O) groups excluding carboxylic acids is 1. The molecular formula is C21H39N3O3. The molecule has 156 valence electrons. The van der Waals surface area contributed by atoms with Gasteiger partial charge in [-0.1, -0.05) is 12.8 Å². The average molecular weight is 382 g/mol. The summed E-state index contributed by atoms with van der Waals surface area (Å²) in [4.78, 5) is 19.4. The van der Waals surface area contributed by atoms with E-state index in [4.69, 9.17) is 14.5 Å². The smallest absolute Gasteiger partial charge is 0.310 e. The van der Waals surface area contributed by atoms with Gasteiger partial charge in [-0.3, -0.25) is 9.79 Å². The molecule has 2 aliphatic rings. The topological polar surface area (TPSA) is 63.2 Å². The second kappa shape index (κ2) is 11.5. The van der Waals surface area contributed by atoms with Crippen molar-refractivity contribution in [2.45, 2.75) is 65.7 Å². The summed E-state index contributed by atoms with van der Waals surface area (Å²) in [6.07, 6.45) is 8.09. The van der Waals surface area contributed by atoms with Crippen LogP contribution in [0.3, 0.4) is 0 Å². The van der Waals surface area contributed by atoms with Crippen molar-refractivity contribution < 1.29 is 14.3 Å². The maximum atomic E-state index is 12.2. The number of rotatable bonds is 9. The highest BCUT2D eigenvalue weighted by Gasteiger charge is 2.34. The van der Waals surface area contributed by atoms with Crippen molar-refractivity contribution in [1.82, 2.24) is 10.2 Å². The lowest BCUT2D eigenvalue weighted by molar-refractivity contribution is -0.149. The van der Waals surface area contributed by atoms with E-state index >= 15 is 0 Å². The number of likely N-dealkylation sites (tertiary alicyclic amines) is 1. The Kier molecular flexibility index (Phi) is 9.39. The van der Waals surface area contributed by atoms with Crippen LogP contribution in [0.15, 0.2) is 4.99 Å². The number of carbonyl (C=O) groups is 1. The number of aliphatic imine (C=N–C) groups is 1. The maximum Gasteiger partial charge on any atom is 0.310 e. The van der Waals surface area contributed by atoms with Crippen LogP contribution < -0.4 is 5.32 Å². The Hall–Kier alpha value is -1.30. The molecule has 6 nitrogen and oxygen atoms in total. The lowest BCUT2D eigenvalue weighted by atomic mass is 9.83. The largest absolute Gasteiger partial charge is 0.466 e. The second-order valence-electron chi connectivity index (χ2n) is 7.86. The third kappa shape index (κ3) is 6.66. The zero-order chi connectivity index (χ0) is 19.5. The van der Waals surface area contributed by atoms with Gasteiger partial charge >= 0.3 is 5.97 Å². The fraction of sp³-hybridized carbons (Fsp3) is 0.905. The summed E-state index contributed by atoms with van der Waals surface area (Å²) in [6, 6.07) is 0. The number of nitrogens with one attached hydrogen (secondary N) is 1. The lowest BCUT2D eigenvalue weighted by Crippen LogP contribution is -2.48. The van der Waals surface area contributed by atoms with Gasteiger partial charge in [-0.05, 0) is 58.3 Å². The number of guanidine groups is 1. The van der Waals surface area contributed by atoms with E-state index in [-0.39, 0.29) is 17.3 Å². The van der Waals surface area contributed by atoms with E-state index in [1.807, 2.05) is 6.92 Å². The molecule has 0 bridgehead atoms. The molecule has 1 aliphatic heterocycles. The molecule has 1 saturated carbocycles. The minimum absolute atomic E-state index is 0.0408. The van der Waals surface area contributed by atoms with Crippen LogP contribution in [0.25, 0.3) is 0 Å². The minimum Gasteiger partial charge on any atom is -0.466 e. The highest BCUT2D eigenvalue weighted by Crippen LogP contribution is 2.41. The molecule has 1 atom stereocenters. The van der Waals surface area contributed by atoms with Crippen LogP contribution in [-0.4, -0.2) is 62.8 Å². The van der Waals surface area contributed by atoms with E-state index in [0.29, 0.717) is 13.2 Å². The van der Waals surface area contributed by atoms with Gasteiger partial charge in [0.1, 0.15) is 0 Å². The Bertz CT molecular complexity index is 475. The highest BCUT2D eigenvalue weighted by molar-refractivity contribution is 5.81. The van der Waals surface area contributed by atoms with E-state index < -0.39 is 0 Å². The predicted molar refractivity (Wildman–Crippen MR) is 109 cm³/mol. The Labute approximate surface area is 165 Å². The summed E-state index contributed by atoms with van der Waals surface area (Å²) in [5, 5.41) is 3.44. The Morgan fingerprint density at radius 1 is 1.19 bits per heavy atom. The van der Waals surface area contributed by atoms with Gasteiger partial charge < -0.3 is 19.7 Å². The quantitative estimate of drug-likeness (QED) is 0.288. The van der Waals surface area contributed by atoms with E-state index in [9.17, 15) is 4.79 Å². The molecule has 0 unspecified atom stereocenters. The van der Waals surface area contributed by atoms with Crippen molar-refractivity contribution in [2.75, 3.05) is 46.0 Å². The molecule has 0 aromatic carbocycles. The fourth-order valence-electron chi connectivity index (χ4n) is 4.34. The van der Waals surface area contributed by atoms with Gasteiger partial charge in [-0.25, -0.2) is 0 Å². The first-order chi connectivity index (χ1) is 13.1. The van der Waals surface area contributed by atoms with Crippen LogP contribution in [0.1, 0.15) is 65.7 Å². The van der Waals surface area contributed by atoms with Crippen molar-refractivity contribution in [3.05, 3.63) is 0 Å². The molecule has 0 aromatic rings. The zero-order valence-electron chi connectivity index (χ0n) is 17.6. The number of nitrogens with zero attached hydrogens (tertiary/aromatic N) is 2. The molecule has 1 saturated heterocycles. The van der Waals surface area contributed by atoms with Crippen molar-refractivity contribution >= 4 is 11.9 Å². The lowest BCUT2D eigenvalue weighted by Gasteiger charge is -2.35. The summed E-state index contributed by atoms with van der Waals surface area (Å²) in [7, 11) is 0. The van der Waals surface area contributed by atoms with Crippen molar-refractivity contribution in [1.29, 1.82) is 0 Å². The van der Waals surface area contributed by atoms with Crippen LogP contribution in [-0.2, 0) is 14.3 Å². The Balaban J connectivity index is 2.02. The first-order valence-electron chi connectivity index (χ1n) is 10.9. The highest BCUT2D eigenvalue weighted by atomic mass is 16.5. The summed E-state index contributed by atoms with van der Waals surface area (Å²) < 4.78 is 10.9. The first kappa shape index (κ1) is 22.0. The Morgan fingerprint density at radius 3 is 2.63 bits per heavy atom. The van der Waals surface area contributed by atoms with Gasteiger partial charge in [0.25, 0.3) is 0 Å². The summed E-state index contributed by atoms with van der Waals surface area (Å²) in [5.74, 6) is 0.845. The van der Waals surface area contributed by atoms with Crippen LogP contribution in [0.4, 0.5) is 0 Å². The Morgan fingerprint density at radius 2 is 1.96 bits per heavy atom. The molecule has 0 amide bonds. The molecular weight excluding hydrogens is 342 g/mol. The number of hydrogen-bond acceptors (Lipinski definition) is 4. The second-order valence-corrected chi connectivity index (χ2v) is 7.86. The molecule has 27 heavy (non-hydrogen) atoms. The first-order valence-corrected chi connectivity index (χ1v) is 10.9. The molecule has 1 N–H and O–H groups in total. The van der Waals surface area contributed by atoms with Gasteiger partial charge in [0, 0.05) is 39.4 Å². The monoisotopic (exact) mass is 381 g/mol. The van der Waals surface area contributed by atoms with Crippen molar-refractivity contribution in [3.63, 3.8) is 0 Å². The van der Waals surface area contributed by atoms with Crippen LogP contribution in [0, 0.1) is 11.3 Å². The maximum absolute atomic E-state index is 12.2. The number of esters is 1. The molecule has 6 heteroatoms. The number of hydrogen-bond donors (Lipinski definition) is 1. The van der Waals surface area contributed by atoms with Crippen LogP contribution in [0.2, 0.25) is 0 Å². The van der Waals surface area contributed by atoms with Gasteiger partial charge in [0.05, 0.1) is 12.5 Å². The molecule has 1 heterocycles. The molecule has 2 rings (SSSR count). The van der Waals surface area contributed by atoms with Crippen molar-refractivity contribution in [3.8, 4) is 0 Å². The average Bonchev–Trinajstić information content (AvgIpc) is 3.15. The van der Waals surface area contributed by atoms with E-state index in [2.05, 4.69) is 24.1 Å². The third-order valence-corrected chi connectivity index (χ3v) is 5.89. The standard InChI is InChI=1S/C21H39N3O3/c1-4-22-20(24-14-9-10-18(16-24)19(25)27-6-3)23-17-21(11-7-8-12-21)13-15-26-5-2/h18H,4-17H2,1-3H3,(H,22,23)/t18-/m0/s1. The molecule has 0 aromatic heterocycles. The third-order valence-electron chi connectivity index (χ3n) is 5.89. The van der Waals surface area contributed by atoms with Gasteiger partial charge in [-0.15, -0.1) is 0 Å². The normalized spacial score (nSPS) is 22.7. The number of ether oxygens (including phenoxy) is 2. The molecule has 1 aliphatic carbocycles. The van der Waals surface area contributed by atoms with Gasteiger partial charge in [0.2, 0.25) is 0 Å². The van der Waals surface area contributed by atoms with Gasteiger partial charge in [-0.2, -0.15) is 0 Å². The van der Waals surface area contributed by atoms with E-state index in [0.717, 1.165) is 58.1 Å². The molecule has 2 fully saturated rings. The molecule has 0 spiro atoms.